The number of anilines is 3. The van der Waals surface area contributed by atoms with Crippen molar-refractivity contribution in [3.8, 4) is 16.5 Å². The van der Waals surface area contributed by atoms with Gasteiger partial charge in [0.25, 0.3) is 0 Å². The van der Waals surface area contributed by atoms with Crippen LogP contribution in [0.5, 0.6) is 5.88 Å². The molecule has 5 N–H and O–H groups in total. The zero-order valence-electron chi connectivity index (χ0n) is 20.0. The Morgan fingerprint density at radius 1 is 1.08 bits per heavy atom. The molecule has 0 radical (unpaired) electrons. The van der Waals surface area contributed by atoms with Gasteiger partial charge >= 0.3 is 0 Å². The molecule has 0 amide bonds. The summed E-state index contributed by atoms with van der Waals surface area (Å²) in [4.78, 5) is 22.1. The van der Waals surface area contributed by atoms with Gasteiger partial charge < -0.3 is 30.7 Å². The van der Waals surface area contributed by atoms with Gasteiger partial charge in [0.15, 0.2) is 0 Å². The van der Waals surface area contributed by atoms with Crippen molar-refractivity contribution in [2.75, 3.05) is 17.7 Å². The predicted molar refractivity (Wildman–Crippen MR) is 136 cm³/mol. The number of aliphatic hydroxyl groups excluding tert-OH is 2. The highest BCUT2D eigenvalue weighted by Crippen LogP contribution is 2.39. The smallest absolute Gasteiger partial charge is 0.229 e. The molecule has 5 rings (SSSR count). The number of thiazole rings is 1. The average molecular weight is 510 g/mol. The maximum atomic E-state index is 10.8. The first-order valence-corrected chi connectivity index (χ1v) is 12.2. The van der Waals surface area contributed by atoms with Gasteiger partial charge in [-0.05, 0) is 32.4 Å². The Labute approximate surface area is 211 Å². The summed E-state index contributed by atoms with van der Waals surface area (Å²) in [5, 5.41) is 39.0. The van der Waals surface area contributed by atoms with Crippen molar-refractivity contribution < 1.29 is 20.1 Å². The first kappa shape index (κ1) is 24.3. The molecule has 4 aromatic rings. The van der Waals surface area contributed by atoms with E-state index in [4.69, 9.17) is 4.74 Å². The number of pyridine rings is 2. The standard InChI is InChI=1S/C24H27N7O4S/c1-24(2,34)14-9-15(20(33)19(14)32)29-21-13(22-30-16-11-25-6-5-17(16)36-22)10-27-23(31-21)28-12-4-7-26-18(8-12)35-3/h4-8,10-11,14-15,19-20,32-34H,9H2,1-3H3,(H2,26,27,28,29,31)/t14-,15-,19-,20+/m1/s1. The van der Waals surface area contributed by atoms with Gasteiger partial charge in [-0.2, -0.15) is 4.98 Å². The summed E-state index contributed by atoms with van der Waals surface area (Å²) in [5.74, 6) is 0.682. The Kier molecular flexibility index (Phi) is 6.43. The number of hydrogen-bond donors (Lipinski definition) is 5. The van der Waals surface area contributed by atoms with E-state index in [-0.39, 0.29) is 0 Å². The fourth-order valence-corrected chi connectivity index (χ4v) is 5.33. The van der Waals surface area contributed by atoms with Crippen LogP contribution < -0.4 is 15.4 Å². The third-order valence-corrected chi connectivity index (χ3v) is 7.39. The van der Waals surface area contributed by atoms with E-state index in [1.165, 1.54) is 18.4 Å². The van der Waals surface area contributed by atoms with Crippen molar-refractivity contribution >= 4 is 39.0 Å². The van der Waals surface area contributed by atoms with Crippen molar-refractivity contribution in [1.82, 2.24) is 24.9 Å². The van der Waals surface area contributed by atoms with Crippen LogP contribution in [0.1, 0.15) is 20.3 Å². The lowest BCUT2D eigenvalue weighted by molar-refractivity contribution is -0.0601. The van der Waals surface area contributed by atoms with Crippen molar-refractivity contribution in [3.63, 3.8) is 0 Å². The van der Waals surface area contributed by atoms with E-state index in [1.807, 2.05) is 6.07 Å². The second-order valence-electron chi connectivity index (χ2n) is 9.26. The molecule has 4 heterocycles. The Bertz CT molecular complexity index is 1340. The molecule has 4 aromatic heterocycles. The van der Waals surface area contributed by atoms with Crippen LogP contribution in [0, 0.1) is 5.92 Å². The van der Waals surface area contributed by atoms with Crippen molar-refractivity contribution in [2.24, 2.45) is 5.92 Å². The predicted octanol–water partition coefficient (Wildman–Crippen LogP) is 2.59. The van der Waals surface area contributed by atoms with Crippen LogP contribution in [-0.2, 0) is 0 Å². The van der Waals surface area contributed by atoms with E-state index in [9.17, 15) is 15.3 Å². The molecule has 188 valence electrons. The molecule has 0 aromatic carbocycles. The number of hydrogen-bond acceptors (Lipinski definition) is 12. The molecule has 1 aliphatic rings. The van der Waals surface area contributed by atoms with E-state index in [0.717, 1.165) is 10.2 Å². The highest BCUT2D eigenvalue weighted by atomic mass is 32.1. The number of aliphatic hydroxyl groups is 3. The van der Waals surface area contributed by atoms with Gasteiger partial charge in [-0.25, -0.2) is 15.0 Å². The summed E-state index contributed by atoms with van der Waals surface area (Å²) < 4.78 is 6.15. The van der Waals surface area contributed by atoms with Gasteiger partial charge in [-0.3, -0.25) is 4.98 Å². The number of nitrogens with one attached hydrogen (secondary N) is 2. The maximum Gasteiger partial charge on any atom is 0.229 e. The average Bonchev–Trinajstić information content (AvgIpc) is 3.41. The van der Waals surface area contributed by atoms with Crippen LogP contribution in [-0.4, -0.2) is 71.2 Å². The van der Waals surface area contributed by atoms with Gasteiger partial charge in [0.05, 0.1) is 41.3 Å². The summed E-state index contributed by atoms with van der Waals surface area (Å²) in [6.45, 7) is 3.26. The largest absolute Gasteiger partial charge is 0.481 e. The lowest BCUT2D eigenvalue weighted by atomic mass is 9.88. The normalized spacial score (nSPS) is 22.1. The molecular weight excluding hydrogens is 482 g/mol. The van der Waals surface area contributed by atoms with Crippen LogP contribution in [0.4, 0.5) is 17.5 Å². The minimum absolute atomic E-state index is 0.310. The first-order valence-electron chi connectivity index (χ1n) is 11.4. The zero-order chi connectivity index (χ0) is 25.4. The minimum Gasteiger partial charge on any atom is -0.481 e. The second-order valence-corrected chi connectivity index (χ2v) is 10.3. The maximum absolute atomic E-state index is 10.8. The number of fused-ring (bicyclic) bond motifs is 1. The number of aromatic nitrogens is 5. The number of ether oxygens (including phenoxy) is 1. The molecule has 36 heavy (non-hydrogen) atoms. The molecule has 0 spiro atoms. The van der Waals surface area contributed by atoms with Gasteiger partial charge in [0.2, 0.25) is 11.8 Å². The molecular formula is C24H27N7O4S. The van der Waals surface area contributed by atoms with E-state index in [1.54, 1.807) is 50.8 Å². The number of nitrogens with zero attached hydrogens (tertiary/aromatic N) is 5. The minimum atomic E-state index is -1.15. The molecule has 11 nitrogen and oxygen atoms in total. The van der Waals surface area contributed by atoms with Crippen molar-refractivity contribution in [1.29, 1.82) is 0 Å². The van der Waals surface area contributed by atoms with Crippen LogP contribution in [0.2, 0.25) is 0 Å². The fraction of sp³-hybridized carbons (Fsp3) is 0.375. The fourth-order valence-electron chi connectivity index (χ4n) is 4.39. The lowest BCUT2D eigenvalue weighted by Crippen LogP contribution is -2.40. The third-order valence-electron chi connectivity index (χ3n) is 6.32. The monoisotopic (exact) mass is 509 g/mol. The van der Waals surface area contributed by atoms with E-state index < -0.39 is 29.8 Å². The van der Waals surface area contributed by atoms with E-state index >= 15 is 0 Å². The third kappa shape index (κ3) is 4.80. The summed E-state index contributed by atoms with van der Waals surface area (Å²) in [6, 6.07) is 4.83. The summed E-state index contributed by atoms with van der Waals surface area (Å²) in [5.41, 5.74) is 0.929. The van der Waals surface area contributed by atoms with Crippen LogP contribution in [0.3, 0.4) is 0 Å². The van der Waals surface area contributed by atoms with Crippen LogP contribution in [0.25, 0.3) is 20.8 Å². The van der Waals surface area contributed by atoms with Crippen molar-refractivity contribution in [3.05, 3.63) is 43.0 Å². The Morgan fingerprint density at radius 3 is 2.64 bits per heavy atom. The SMILES string of the molecule is COc1cc(Nc2ncc(-c3nc4cnccc4s3)c(N[C@@H]3C[C@@H](C(C)(C)O)[C@@H](O)[C@H]3O)n2)ccn1. The number of rotatable bonds is 7. The second kappa shape index (κ2) is 9.54. The lowest BCUT2D eigenvalue weighted by Gasteiger charge is -2.28. The highest BCUT2D eigenvalue weighted by molar-refractivity contribution is 7.21. The molecule has 1 aliphatic carbocycles. The van der Waals surface area contributed by atoms with Crippen molar-refractivity contribution in [2.45, 2.75) is 44.1 Å². The molecule has 0 aliphatic heterocycles. The molecule has 12 heteroatoms. The first-order chi connectivity index (χ1) is 17.2. The number of methoxy groups -OCH3 is 1. The molecule has 1 saturated carbocycles. The summed E-state index contributed by atoms with van der Waals surface area (Å²) in [6.07, 6.45) is 4.85. The van der Waals surface area contributed by atoms with Crippen LogP contribution in [0.15, 0.2) is 43.0 Å². The highest BCUT2D eigenvalue weighted by Gasteiger charge is 2.47. The molecule has 0 saturated heterocycles. The van der Waals surface area contributed by atoms with Crippen LogP contribution >= 0.6 is 11.3 Å². The Morgan fingerprint density at radius 2 is 1.92 bits per heavy atom. The molecule has 1 fully saturated rings. The molecule has 4 atom stereocenters. The summed E-state index contributed by atoms with van der Waals surface area (Å²) in [7, 11) is 1.54. The Hall–Kier alpha value is -3.45. The Balaban J connectivity index is 1.51. The van der Waals surface area contributed by atoms with E-state index in [2.05, 4.69) is 35.6 Å². The zero-order valence-corrected chi connectivity index (χ0v) is 20.8. The molecule has 0 bridgehead atoms. The van der Waals surface area contributed by atoms with Gasteiger partial charge in [0, 0.05) is 36.3 Å². The van der Waals surface area contributed by atoms with Gasteiger partial charge in [0.1, 0.15) is 22.4 Å². The summed E-state index contributed by atoms with van der Waals surface area (Å²) >= 11 is 1.48. The molecule has 0 unspecified atom stereocenters. The van der Waals surface area contributed by atoms with E-state index in [0.29, 0.717) is 40.3 Å². The van der Waals surface area contributed by atoms with Gasteiger partial charge in [-0.1, -0.05) is 0 Å². The quantitative estimate of drug-likeness (QED) is 0.249. The topological polar surface area (TPSA) is 158 Å². The van der Waals surface area contributed by atoms with Gasteiger partial charge in [-0.15, -0.1) is 11.3 Å².